The van der Waals surface area contributed by atoms with Gasteiger partial charge in [0.25, 0.3) is 5.91 Å². The van der Waals surface area contributed by atoms with Crippen LogP contribution < -0.4 is 5.32 Å². The van der Waals surface area contributed by atoms with Crippen molar-refractivity contribution in [1.29, 1.82) is 5.26 Å². The van der Waals surface area contributed by atoms with Crippen molar-refractivity contribution in [2.75, 3.05) is 25.5 Å². The summed E-state index contributed by atoms with van der Waals surface area (Å²) < 4.78 is 0. The van der Waals surface area contributed by atoms with E-state index in [-0.39, 0.29) is 5.91 Å². The second kappa shape index (κ2) is 8.16. The highest BCUT2D eigenvalue weighted by molar-refractivity contribution is 5.95. The molecule has 0 aliphatic rings. The van der Waals surface area contributed by atoms with Crippen LogP contribution in [0.25, 0.3) is 0 Å². The highest BCUT2D eigenvalue weighted by atomic mass is 16.2. The van der Waals surface area contributed by atoms with Crippen molar-refractivity contribution in [3.63, 3.8) is 0 Å². The second-order valence-electron chi connectivity index (χ2n) is 4.53. The fourth-order valence-corrected chi connectivity index (χ4v) is 1.99. The number of hydrogen-bond acceptors (Lipinski definition) is 4. The van der Waals surface area contributed by atoms with E-state index in [1.54, 1.807) is 18.0 Å². The van der Waals surface area contributed by atoms with E-state index in [0.29, 0.717) is 30.9 Å². The van der Waals surface area contributed by atoms with E-state index in [2.05, 4.69) is 23.3 Å². The van der Waals surface area contributed by atoms with Crippen LogP contribution >= 0.6 is 0 Å². The van der Waals surface area contributed by atoms with Crippen molar-refractivity contribution in [3.05, 3.63) is 23.4 Å². The Balaban J connectivity index is 3.00. The molecule has 0 saturated heterocycles. The summed E-state index contributed by atoms with van der Waals surface area (Å²) in [7, 11) is 1.79. The minimum atomic E-state index is -0.0426. The van der Waals surface area contributed by atoms with Gasteiger partial charge in [-0.2, -0.15) is 5.26 Å². The van der Waals surface area contributed by atoms with Gasteiger partial charge in [0.15, 0.2) is 0 Å². The first-order valence-electron chi connectivity index (χ1n) is 7.01. The molecule has 5 nitrogen and oxygen atoms in total. The predicted molar refractivity (Wildman–Crippen MR) is 79.6 cm³/mol. The van der Waals surface area contributed by atoms with Crippen LogP contribution in [0.3, 0.4) is 0 Å². The lowest BCUT2D eigenvalue weighted by Crippen LogP contribution is -2.31. The first kappa shape index (κ1) is 16.0. The summed E-state index contributed by atoms with van der Waals surface area (Å²) in [6.45, 7) is 5.07. The molecule has 108 valence electrons. The van der Waals surface area contributed by atoms with Crippen LogP contribution in [-0.4, -0.2) is 35.9 Å². The number of nitrogens with one attached hydrogen (secondary N) is 1. The van der Waals surface area contributed by atoms with Crippen molar-refractivity contribution < 1.29 is 4.79 Å². The number of pyridine rings is 1. The quantitative estimate of drug-likeness (QED) is 0.829. The average Bonchev–Trinajstić information content (AvgIpc) is 2.47. The van der Waals surface area contributed by atoms with Gasteiger partial charge in [0.1, 0.15) is 5.82 Å². The van der Waals surface area contributed by atoms with Gasteiger partial charge in [0.2, 0.25) is 0 Å². The smallest absolute Gasteiger partial charge is 0.254 e. The van der Waals surface area contributed by atoms with Crippen LogP contribution in [-0.2, 0) is 6.42 Å². The molecule has 0 bridgehead atoms. The number of hydrogen-bond donors (Lipinski definition) is 1. The Hall–Kier alpha value is -2.09. The zero-order chi connectivity index (χ0) is 15.0. The van der Waals surface area contributed by atoms with E-state index >= 15 is 0 Å². The minimum Gasteiger partial charge on any atom is -0.373 e. The van der Waals surface area contributed by atoms with Crippen molar-refractivity contribution in [1.82, 2.24) is 9.88 Å². The van der Waals surface area contributed by atoms with E-state index < -0.39 is 0 Å². The van der Waals surface area contributed by atoms with E-state index in [1.165, 1.54) is 0 Å². The van der Waals surface area contributed by atoms with Gasteiger partial charge in [-0.15, -0.1) is 0 Å². The number of rotatable bonds is 7. The molecule has 0 aromatic carbocycles. The Morgan fingerprint density at radius 1 is 1.45 bits per heavy atom. The first-order valence-corrected chi connectivity index (χ1v) is 7.01. The Kier molecular flexibility index (Phi) is 6.51. The Morgan fingerprint density at radius 2 is 2.20 bits per heavy atom. The topological polar surface area (TPSA) is 69.0 Å². The largest absolute Gasteiger partial charge is 0.373 e. The zero-order valence-corrected chi connectivity index (χ0v) is 12.4. The molecule has 0 atom stereocenters. The van der Waals surface area contributed by atoms with Crippen molar-refractivity contribution in [3.8, 4) is 6.07 Å². The summed E-state index contributed by atoms with van der Waals surface area (Å²) in [5.41, 5.74) is 1.55. The predicted octanol–water partition coefficient (Wildman–Crippen LogP) is 2.45. The molecule has 0 fully saturated rings. The van der Waals surface area contributed by atoms with E-state index in [9.17, 15) is 4.79 Å². The number of aromatic nitrogens is 1. The third-order valence-corrected chi connectivity index (χ3v) is 3.05. The van der Waals surface area contributed by atoms with Gasteiger partial charge in [0.05, 0.1) is 12.5 Å². The summed E-state index contributed by atoms with van der Waals surface area (Å²) in [6, 6.07) is 5.68. The molecule has 1 rings (SSSR count). The molecule has 0 spiro atoms. The molecule has 0 unspecified atom stereocenters. The molecule has 0 aliphatic heterocycles. The number of carbonyl (C=O) groups is 1. The second-order valence-corrected chi connectivity index (χ2v) is 4.53. The van der Waals surface area contributed by atoms with Crippen LogP contribution in [0.1, 0.15) is 42.7 Å². The Bertz CT molecular complexity index is 493. The average molecular weight is 274 g/mol. The number of aryl methyl sites for hydroxylation is 1. The highest BCUT2D eigenvalue weighted by Crippen LogP contribution is 2.14. The molecule has 0 aliphatic carbocycles. The van der Waals surface area contributed by atoms with Gasteiger partial charge in [-0.05, 0) is 25.5 Å². The van der Waals surface area contributed by atoms with Gasteiger partial charge < -0.3 is 10.2 Å². The van der Waals surface area contributed by atoms with Gasteiger partial charge in [-0.3, -0.25) is 4.79 Å². The van der Waals surface area contributed by atoms with Gasteiger partial charge in [-0.25, -0.2) is 4.98 Å². The number of amides is 1. The van der Waals surface area contributed by atoms with Crippen LogP contribution in [0.15, 0.2) is 12.1 Å². The zero-order valence-electron chi connectivity index (χ0n) is 12.4. The molecule has 0 radical (unpaired) electrons. The van der Waals surface area contributed by atoms with Crippen molar-refractivity contribution in [2.24, 2.45) is 0 Å². The number of carbonyl (C=O) groups excluding carboxylic acids is 1. The Morgan fingerprint density at radius 3 is 2.75 bits per heavy atom. The first-order chi connectivity index (χ1) is 9.65. The molecular weight excluding hydrogens is 252 g/mol. The molecule has 5 heteroatoms. The summed E-state index contributed by atoms with van der Waals surface area (Å²) in [6.07, 6.45) is 2.19. The molecule has 20 heavy (non-hydrogen) atoms. The number of nitriles is 1. The van der Waals surface area contributed by atoms with Crippen LogP contribution in [0.2, 0.25) is 0 Å². The number of anilines is 1. The summed E-state index contributed by atoms with van der Waals surface area (Å²) in [4.78, 5) is 18.6. The monoisotopic (exact) mass is 274 g/mol. The molecular formula is C15H22N4O. The fourth-order valence-electron chi connectivity index (χ4n) is 1.99. The molecule has 1 amide bonds. The van der Waals surface area contributed by atoms with Crippen LogP contribution in [0.4, 0.5) is 5.82 Å². The van der Waals surface area contributed by atoms with Crippen LogP contribution in [0, 0.1) is 11.3 Å². The molecule has 0 saturated carbocycles. The lowest BCUT2D eigenvalue weighted by Gasteiger charge is -2.20. The lowest BCUT2D eigenvalue weighted by molar-refractivity contribution is 0.0767. The summed E-state index contributed by atoms with van der Waals surface area (Å²) in [5, 5.41) is 11.6. The third-order valence-electron chi connectivity index (χ3n) is 3.05. The maximum Gasteiger partial charge on any atom is 0.254 e. The molecule has 1 aromatic rings. The van der Waals surface area contributed by atoms with Crippen molar-refractivity contribution >= 4 is 11.7 Å². The standard InChI is InChI=1S/C15H22N4O/c1-4-7-13-10-12(11-14(17-3)18-13)15(20)19(5-2)9-6-8-16/h10-11H,4-7,9H2,1-3H3,(H,17,18). The van der Waals surface area contributed by atoms with Gasteiger partial charge in [-0.1, -0.05) is 13.3 Å². The van der Waals surface area contributed by atoms with Gasteiger partial charge >= 0.3 is 0 Å². The maximum atomic E-state index is 12.5. The van der Waals surface area contributed by atoms with Gasteiger partial charge in [0, 0.05) is 31.4 Å². The number of nitrogens with zero attached hydrogens (tertiary/aromatic N) is 3. The van der Waals surface area contributed by atoms with E-state index in [1.807, 2.05) is 13.0 Å². The molecule has 1 heterocycles. The van der Waals surface area contributed by atoms with E-state index in [0.717, 1.165) is 18.5 Å². The SMILES string of the molecule is CCCc1cc(C(=O)N(CC)CCC#N)cc(NC)n1. The summed E-state index contributed by atoms with van der Waals surface area (Å²) >= 11 is 0. The molecule has 1 aromatic heterocycles. The van der Waals surface area contributed by atoms with Crippen LogP contribution in [0.5, 0.6) is 0 Å². The maximum absolute atomic E-state index is 12.5. The highest BCUT2D eigenvalue weighted by Gasteiger charge is 2.15. The Labute approximate surface area is 120 Å². The minimum absolute atomic E-state index is 0.0426. The fraction of sp³-hybridized carbons (Fsp3) is 0.533. The third kappa shape index (κ3) is 4.23. The lowest BCUT2D eigenvalue weighted by atomic mass is 10.1. The molecule has 1 N–H and O–H groups in total. The summed E-state index contributed by atoms with van der Waals surface area (Å²) in [5.74, 6) is 0.662. The van der Waals surface area contributed by atoms with Crippen molar-refractivity contribution in [2.45, 2.75) is 33.1 Å². The normalized spacial score (nSPS) is 9.90. The van der Waals surface area contributed by atoms with E-state index in [4.69, 9.17) is 5.26 Å².